The summed E-state index contributed by atoms with van der Waals surface area (Å²) in [6.07, 6.45) is 1.86. The van der Waals surface area contributed by atoms with E-state index in [2.05, 4.69) is 21.3 Å². The monoisotopic (exact) mass is 252 g/mol. The SMILES string of the molecule is CNc1ccc(CN(C)c2cccc(C#N)c2)cn1. The van der Waals surface area contributed by atoms with Gasteiger partial charge in [0.05, 0.1) is 11.6 Å². The highest BCUT2D eigenvalue weighted by atomic mass is 15.1. The highest BCUT2D eigenvalue weighted by Crippen LogP contribution is 2.17. The van der Waals surface area contributed by atoms with E-state index in [9.17, 15) is 0 Å². The van der Waals surface area contributed by atoms with Crippen LogP contribution in [0.4, 0.5) is 11.5 Å². The summed E-state index contributed by atoms with van der Waals surface area (Å²) in [4.78, 5) is 6.38. The summed E-state index contributed by atoms with van der Waals surface area (Å²) in [6, 6.07) is 13.7. The Morgan fingerprint density at radius 3 is 2.79 bits per heavy atom. The van der Waals surface area contributed by atoms with Crippen molar-refractivity contribution in [3.05, 3.63) is 53.7 Å². The van der Waals surface area contributed by atoms with Gasteiger partial charge in [-0.25, -0.2) is 4.98 Å². The smallest absolute Gasteiger partial charge is 0.125 e. The van der Waals surface area contributed by atoms with E-state index >= 15 is 0 Å². The maximum absolute atomic E-state index is 8.91. The molecule has 1 heterocycles. The van der Waals surface area contributed by atoms with Crippen LogP contribution in [0.5, 0.6) is 0 Å². The molecular formula is C15H16N4. The van der Waals surface area contributed by atoms with Crippen LogP contribution in [0.3, 0.4) is 0 Å². The molecule has 0 amide bonds. The van der Waals surface area contributed by atoms with Gasteiger partial charge in [0.2, 0.25) is 0 Å². The Kier molecular flexibility index (Phi) is 3.99. The van der Waals surface area contributed by atoms with Gasteiger partial charge < -0.3 is 10.2 Å². The quantitative estimate of drug-likeness (QED) is 0.908. The summed E-state index contributed by atoms with van der Waals surface area (Å²) in [5.41, 5.74) is 2.83. The molecule has 0 radical (unpaired) electrons. The summed E-state index contributed by atoms with van der Waals surface area (Å²) in [7, 11) is 3.85. The third kappa shape index (κ3) is 3.23. The van der Waals surface area contributed by atoms with E-state index in [4.69, 9.17) is 5.26 Å². The Morgan fingerprint density at radius 1 is 1.32 bits per heavy atom. The first-order valence-corrected chi connectivity index (χ1v) is 6.07. The first-order valence-electron chi connectivity index (χ1n) is 6.07. The molecular weight excluding hydrogens is 236 g/mol. The van der Waals surface area contributed by atoms with Crippen LogP contribution < -0.4 is 10.2 Å². The normalized spacial score (nSPS) is 9.74. The van der Waals surface area contributed by atoms with E-state index in [-0.39, 0.29) is 0 Å². The number of rotatable bonds is 4. The zero-order chi connectivity index (χ0) is 13.7. The van der Waals surface area contributed by atoms with Crippen LogP contribution in [0.2, 0.25) is 0 Å². The molecule has 1 N–H and O–H groups in total. The highest BCUT2D eigenvalue weighted by molar-refractivity contribution is 5.51. The molecule has 0 spiro atoms. The third-order valence-corrected chi connectivity index (χ3v) is 2.92. The second-order valence-corrected chi connectivity index (χ2v) is 4.32. The second-order valence-electron chi connectivity index (χ2n) is 4.32. The molecule has 0 unspecified atom stereocenters. The molecule has 1 aromatic carbocycles. The van der Waals surface area contributed by atoms with Crippen molar-refractivity contribution in [1.29, 1.82) is 5.26 Å². The van der Waals surface area contributed by atoms with Crippen molar-refractivity contribution in [2.24, 2.45) is 0 Å². The molecule has 0 saturated carbocycles. The minimum absolute atomic E-state index is 0.674. The van der Waals surface area contributed by atoms with Gasteiger partial charge in [0.15, 0.2) is 0 Å². The van der Waals surface area contributed by atoms with Crippen LogP contribution >= 0.6 is 0 Å². The summed E-state index contributed by atoms with van der Waals surface area (Å²) in [5, 5.41) is 11.9. The van der Waals surface area contributed by atoms with Gasteiger partial charge in [-0.15, -0.1) is 0 Å². The Hall–Kier alpha value is -2.54. The molecule has 2 aromatic rings. The number of benzene rings is 1. The first kappa shape index (κ1) is 12.9. The predicted octanol–water partition coefficient (Wildman–Crippen LogP) is 2.63. The van der Waals surface area contributed by atoms with E-state index in [1.54, 1.807) is 6.07 Å². The van der Waals surface area contributed by atoms with Crippen LogP contribution in [0, 0.1) is 11.3 Å². The average molecular weight is 252 g/mol. The summed E-state index contributed by atoms with van der Waals surface area (Å²) >= 11 is 0. The Labute approximate surface area is 113 Å². The fraction of sp³-hybridized carbons (Fsp3) is 0.200. The minimum Gasteiger partial charge on any atom is -0.373 e. The topological polar surface area (TPSA) is 52.0 Å². The van der Waals surface area contributed by atoms with Crippen LogP contribution in [0.15, 0.2) is 42.6 Å². The van der Waals surface area contributed by atoms with E-state index in [0.29, 0.717) is 5.56 Å². The van der Waals surface area contributed by atoms with Gasteiger partial charge in [-0.1, -0.05) is 12.1 Å². The number of hydrogen-bond acceptors (Lipinski definition) is 4. The number of nitrogens with zero attached hydrogens (tertiary/aromatic N) is 3. The van der Waals surface area contributed by atoms with Crippen LogP contribution in [-0.2, 0) is 6.54 Å². The number of anilines is 2. The Bertz CT molecular complexity index is 584. The molecule has 0 aliphatic heterocycles. The molecule has 0 fully saturated rings. The van der Waals surface area contributed by atoms with Crippen molar-refractivity contribution < 1.29 is 0 Å². The fourth-order valence-electron chi connectivity index (χ4n) is 1.84. The lowest BCUT2D eigenvalue weighted by atomic mass is 10.2. The van der Waals surface area contributed by atoms with E-state index in [0.717, 1.165) is 23.6 Å². The number of aromatic nitrogens is 1. The molecule has 0 atom stereocenters. The molecule has 0 bridgehead atoms. The lowest BCUT2D eigenvalue weighted by molar-refractivity contribution is 0.915. The molecule has 19 heavy (non-hydrogen) atoms. The molecule has 1 aromatic heterocycles. The van der Waals surface area contributed by atoms with Gasteiger partial charge in [-0.05, 0) is 29.8 Å². The maximum Gasteiger partial charge on any atom is 0.125 e. The Morgan fingerprint density at radius 2 is 2.16 bits per heavy atom. The minimum atomic E-state index is 0.674. The molecule has 2 rings (SSSR count). The number of nitriles is 1. The van der Waals surface area contributed by atoms with Gasteiger partial charge in [-0.2, -0.15) is 5.26 Å². The molecule has 4 nitrogen and oxygen atoms in total. The van der Waals surface area contributed by atoms with Crippen molar-refractivity contribution in [1.82, 2.24) is 4.98 Å². The van der Waals surface area contributed by atoms with Gasteiger partial charge in [-0.3, -0.25) is 0 Å². The van der Waals surface area contributed by atoms with Gasteiger partial charge >= 0.3 is 0 Å². The largest absolute Gasteiger partial charge is 0.373 e. The van der Waals surface area contributed by atoms with Crippen molar-refractivity contribution >= 4 is 11.5 Å². The lowest BCUT2D eigenvalue weighted by Gasteiger charge is -2.19. The van der Waals surface area contributed by atoms with Gasteiger partial charge in [0.1, 0.15) is 5.82 Å². The standard InChI is InChI=1S/C15H16N4/c1-17-15-7-6-13(10-18-15)11-19(2)14-5-3-4-12(8-14)9-16/h3-8,10H,11H2,1-2H3,(H,17,18). The summed E-state index contributed by atoms with van der Waals surface area (Å²) in [6.45, 7) is 0.756. The van der Waals surface area contributed by atoms with E-state index in [1.807, 2.05) is 50.6 Å². The molecule has 0 aliphatic rings. The van der Waals surface area contributed by atoms with E-state index in [1.165, 1.54) is 0 Å². The zero-order valence-electron chi connectivity index (χ0n) is 11.1. The lowest BCUT2D eigenvalue weighted by Crippen LogP contribution is -2.16. The number of nitrogens with one attached hydrogen (secondary N) is 1. The number of pyridine rings is 1. The fourth-order valence-corrected chi connectivity index (χ4v) is 1.84. The average Bonchev–Trinajstić information content (AvgIpc) is 2.48. The molecule has 0 aliphatic carbocycles. The van der Waals surface area contributed by atoms with Gasteiger partial charge in [0.25, 0.3) is 0 Å². The second kappa shape index (κ2) is 5.87. The third-order valence-electron chi connectivity index (χ3n) is 2.92. The van der Waals surface area contributed by atoms with Crippen LogP contribution in [0.25, 0.3) is 0 Å². The number of hydrogen-bond donors (Lipinski definition) is 1. The summed E-state index contributed by atoms with van der Waals surface area (Å²) < 4.78 is 0. The van der Waals surface area contributed by atoms with Crippen molar-refractivity contribution in [3.63, 3.8) is 0 Å². The molecule has 4 heteroatoms. The van der Waals surface area contributed by atoms with Crippen molar-refractivity contribution in [2.45, 2.75) is 6.54 Å². The predicted molar refractivity (Wildman–Crippen MR) is 77.0 cm³/mol. The van der Waals surface area contributed by atoms with Crippen molar-refractivity contribution in [2.75, 3.05) is 24.3 Å². The summed E-state index contributed by atoms with van der Waals surface area (Å²) in [5.74, 6) is 0.859. The Balaban J connectivity index is 2.11. The molecule has 0 saturated heterocycles. The highest BCUT2D eigenvalue weighted by Gasteiger charge is 2.03. The van der Waals surface area contributed by atoms with Crippen molar-refractivity contribution in [3.8, 4) is 6.07 Å². The maximum atomic E-state index is 8.91. The van der Waals surface area contributed by atoms with Crippen LogP contribution in [-0.4, -0.2) is 19.1 Å². The van der Waals surface area contributed by atoms with E-state index < -0.39 is 0 Å². The molecule has 96 valence electrons. The van der Waals surface area contributed by atoms with Gasteiger partial charge in [0, 0.05) is 32.5 Å². The zero-order valence-corrected chi connectivity index (χ0v) is 11.1. The van der Waals surface area contributed by atoms with Crippen LogP contribution in [0.1, 0.15) is 11.1 Å². The first-order chi connectivity index (χ1) is 9.22.